The van der Waals surface area contributed by atoms with Crippen molar-refractivity contribution in [3.05, 3.63) is 27.3 Å². The Morgan fingerprint density at radius 3 is 2.10 bits per heavy atom. The fraction of sp³-hybridized carbons (Fsp3) is 0.571. The molecule has 0 atom stereocenters. The molecule has 1 aliphatic rings. The van der Waals surface area contributed by atoms with Gasteiger partial charge in [0.25, 0.3) is 0 Å². The fourth-order valence-electron chi connectivity index (χ4n) is 2.43. The Balaban J connectivity index is 2.11. The molecule has 6 heteroatoms. The molecule has 1 fully saturated rings. The summed E-state index contributed by atoms with van der Waals surface area (Å²) in [5.41, 5.74) is 0. The number of rotatable bonds is 3. The molecule has 0 spiro atoms. The maximum Gasteiger partial charge on any atom is 0.400 e. The van der Waals surface area contributed by atoms with E-state index in [0.717, 1.165) is 25.0 Å². The van der Waals surface area contributed by atoms with Crippen molar-refractivity contribution in [2.75, 3.05) is 0 Å². The molecule has 0 aromatic heterocycles. The minimum Gasteiger partial charge on any atom is -0.432 e. The number of hydrogen-bond acceptors (Lipinski definition) is 1. The normalized spacial score (nSPS) is 23.7. The van der Waals surface area contributed by atoms with Crippen molar-refractivity contribution in [1.82, 2.24) is 0 Å². The van der Waals surface area contributed by atoms with Gasteiger partial charge in [-0.2, -0.15) is 8.78 Å². The van der Waals surface area contributed by atoms with E-state index in [-0.39, 0.29) is 3.57 Å². The Kier molecular flexibility index (Phi) is 4.81. The summed E-state index contributed by atoms with van der Waals surface area (Å²) in [6, 6.07) is 1.59. The average molecular weight is 402 g/mol. The van der Waals surface area contributed by atoms with Gasteiger partial charge in [-0.25, -0.2) is 8.78 Å². The second kappa shape index (κ2) is 6.07. The molecule has 0 amide bonds. The van der Waals surface area contributed by atoms with Crippen molar-refractivity contribution in [3.63, 3.8) is 0 Å². The zero-order valence-electron chi connectivity index (χ0n) is 10.9. The van der Waals surface area contributed by atoms with E-state index in [2.05, 4.69) is 4.74 Å². The van der Waals surface area contributed by atoms with Crippen LogP contribution in [0.5, 0.6) is 5.75 Å². The van der Waals surface area contributed by atoms with Crippen LogP contribution in [0.3, 0.4) is 0 Å². The van der Waals surface area contributed by atoms with Crippen LogP contribution in [0.4, 0.5) is 17.6 Å². The van der Waals surface area contributed by atoms with Gasteiger partial charge in [-0.1, -0.05) is 19.8 Å². The zero-order valence-corrected chi connectivity index (χ0v) is 13.1. The van der Waals surface area contributed by atoms with Crippen LogP contribution in [0, 0.1) is 27.0 Å². The van der Waals surface area contributed by atoms with Gasteiger partial charge >= 0.3 is 6.11 Å². The van der Waals surface area contributed by atoms with E-state index in [0.29, 0.717) is 18.8 Å². The second-order valence-corrected chi connectivity index (χ2v) is 6.40. The maximum absolute atomic E-state index is 14.0. The standard InChI is InChI=1S/C14H15F4IO/c1-8-2-4-9(5-3-8)14(17,18)20-10-6-11(15)13(19)12(16)7-10/h6-9H,2-5H2,1H3. The largest absolute Gasteiger partial charge is 0.432 e. The molecule has 1 nitrogen and oxygen atoms in total. The van der Waals surface area contributed by atoms with E-state index >= 15 is 0 Å². The highest BCUT2D eigenvalue weighted by Gasteiger charge is 2.43. The molecule has 1 aromatic carbocycles. The van der Waals surface area contributed by atoms with Gasteiger partial charge in [0.15, 0.2) is 0 Å². The van der Waals surface area contributed by atoms with Crippen molar-refractivity contribution < 1.29 is 22.3 Å². The first-order chi connectivity index (χ1) is 9.29. The smallest absolute Gasteiger partial charge is 0.400 e. The molecule has 1 saturated carbocycles. The van der Waals surface area contributed by atoms with Crippen LogP contribution in [0.25, 0.3) is 0 Å². The predicted octanol–water partition coefficient (Wildman–Crippen LogP) is 5.37. The summed E-state index contributed by atoms with van der Waals surface area (Å²) in [6.07, 6.45) is -1.23. The topological polar surface area (TPSA) is 9.23 Å². The molecule has 112 valence electrons. The summed E-state index contributed by atoms with van der Waals surface area (Å²) in [6.45, 7) is 2.03. The summed E-state index contributed by atoms with van der Waals surface area (Å²) in [4.78, 5) is 0. The number of ether oxygens (including phenoxy) is 1. The number of hydrogen-bond donors (Lipinski definition) is 0. The highest BCUT2D eigenvalue weighted by molar-refractivity contribution is 14.1. The van der Waals surface area contributed by atoms with Crippen LogP contribution in [0.2, 0.25) is 0 Å². The molecule has 1 aliphatic carbocycles. The predicted molar refractivity (Wildman–Crippen MR) is 75.8 cm³/mol. The quantitative estimate of drug-likeness (QED) is 0.376. The van der Waals surface area contributed by atoms with Gasteiger partial charge in [0.05, 0.1) is 9.49 Å². The Labute approximate surface area is 128 Å². The van der Waals surface area contributed by atoms with Gasteiger partial charge in [0.2, 0.25) is 0 Å². The van der Waals surface area contributed by atoms with E-state index < -0.39 is 29.4 Å². The lowest BCUT2D eigenvalue weighted by Crippen LogP contribution is -2.37. The summed E-state index contributed by atoms with van der Waals surface area (Å²) < 4.78 is 59.1. The number of halogens is 5. The first-order valence-corrected chi connectivity index (χ1v) is 7.59. The van der Waals surface area contributed by atoms with Crippen LogP contribution < -0.4 is 4.74 Å². The van der Waals surface area contributed by atoms with Crippen LogP contribution >= 0.6 is 22.6 Å². The van der Waals surface area contributed by atoms with Gasteiger partial charge < -0.3 is 4.74 Å². The van der Waals surface area contributed by atoms with Gasteiger partial charge in [0, 0.05) is 12.1 Å². The van der Waals surface area contributed by atoms with E-state index in [9.17, 15) is 17.6 Å². The lowest BCUT2D eigenvalue weighted by molar-refractivity contribution is -0.223. The van der Waals surface area contributed by atoms with Crippen molar-refractivity contribution in [2.45, 2.75) is 38.7 Å². The summed E-state index contributed by atoms with van der Waals surface area (Å²) in [7, 11) is 0. The van der Waals surface area contributed by atoms with E-state index in [4.69, 9.17) is 0 Å². The van der Waals surface area contributed by atoms with Crippen LogP contribution in [-0.2, 0) is 0 Å². The van der Waals surface area contributed by atoms with E-state index in [1.807, 2.05) is 6.92 Å². The van der Waals surface area contributed by atoms with Crippen LogP contribution in [0.15, 0.2) is 12.1 Å². The summed E-state index contributed by atoms with van der Waals surface area (Å²) in [5, 5.41) is 0. The number of alkyl halides is 2. The van der Waals surface area contributed by atoms with Crippen molar-refractivity contribution >= 4 is 22.6 Å². The minimum absolute atomic E-state index is 0.232. The highest BCUT2D eigenvalue weighted by atomic mass is 127. The number of benzene rings is 1. The van der Waals surface area contributed by atoms with E-state index in [1.54, 1.807) is 0 Å². The monoisotopic (exact) mass is 402 g/mol. The van der Waals surface area contributed by atoms with Crippen molar-refractivity contribution in [2.24, 2.45) is 11.8 Å². The van der Waals surface area contributed by atoms with Gasteiger partial charge in [0.1, 0.15) is 17.4 Å². The Hall–Kier alpha value is -0.530. The molecule has 20 heavy (non-hydrogen) atoms. The minimum atomic E-state index is -3.40. The molecule has 1 aromatic rings. The summed E-state index contributed by atoms with van der Waals surface area (Å²) in [5.74, 6) is -2.72. The molecule has 0 N–H and O–H groups in total. The fourth-order valence-corrected chi connectivity index (χ4v) is 2.74. The first-order valence-electron chi connectivity index (χ1n) is 6.51. The molecule has 0 radical (unpaired) electrons. The molecular weight excluding hydrogens is 387 g/mol. The second-order valence-electron chi connectivity index (χ2n) is 5.32. The maximum atomic E-state index is 14.0. The highest BCUT2D eigenvalue weighted by Crippen LogP contribution is 2.40. The molecule has 0 unspecified atom stereocenters. The molecule has 0 heterocycles. The van der Waals surface area contributed by atoms with Crippen LogP contribution in [0.1, 0.15) is 32.6 Å². The first kappa shape index (κ1) is 15.9. The van der Waals surface area contributed by atoms with Crippen LogP contribution in [-0.4, -0.2) is 6.11 Å². The lowest BCUT2D eigenvalue weighted by atomic mass is 9.82. The summed E-state index contributed by atoms with van der Waals surface area (Å²) >= 11 is 1.48. The molecule has 0 aliphatic heterocycles. The third-order valence-electron chi connectivity index (χ3n) is 3.70. The molecule has 0 saturated heterocycles. The third kappa shape index (κ3) is 3.56. The Morgan fingerprint density at radius 1 is 1.10 bits per heavy atom. The Morgan fingerprint density at radius 2 is 1.60 bits per heavy atom. The average Bonchev–Trinajstić information content (AvgIpc) is 2.36. The van der Waals surface area contributed by atoms with Gasteiger partial charge in [-0.05, 0) is 41.4 Å². The molecular formula is C14H15F4IO. The van der Waals surface area contributed by atoms with Gasteiger partial charge in [-0.3, -0.25) is 0 Å². The lowest BCUT2D eigenvalue weighted by Gasteiger charge is -2.32. The van der Waals surface area contributed by atoms with E-state index in [1.165, 1.54) is 22.6 Å². The van der Waals surface area contributed by atoms with Gasteiger partial charge in [-0.15, -0.1) is 0 Å². The zero-order chi connectivity index (χ0) is 14.9. The van der Waals surface area contributed by atoms with Crippen molar-refractivity contribution in [3.8, 4) is 5.75 Å². The SMILES string of the molecule is CC1CCC(C(F)(F)Oc2cc(F)c(I)c(F)c2)CC1. The third-order valence-corrected chi connectivity index (χ3v) is 4.73. The van der Waals surface area contributed by atoms with Crippen molar-refractivity contribution in [1.29, 1.82) is 0 Å². The molecule has 2 rings (SSSR count). The Bertz CT molecular complexity index is 461. The molecule has 0 bridgehead atoms.